The van der Waals surface area contributed by atoms with E-state index in [4.69, 9.17) is 0 Å². The van der Waals surface area contributed by atoms with Crippen molar-refractivity contribution >= 4 is 29.2 Å². The van der Waals surface area contributed by atoms with Gasteiger partial charge in [-0.15, -0.1) is 0 Å². The molecule has 4 nitrogen and oxygen atoms in total. The first kappa shape index (κ1) is 17.0. The number of carbonyl (C=O) groups excluding carboxylic acids is 2. The Morgan fingerprint density at radius 1 is 1.26 bits per heavy atom. The molecule has 0 fully saturated rings. The molecule has 0 bridgehead atoms. The lowest BCUT2D eigenvalue weighted by atomic mass is 10.2. The van der Waals surface area contributed by atoms with Gasteiger partial charge in [0.05, 0.1) is 0 Å². The number of carbonyl (C=O) groups is 2. The Morgan fingerprint density at radius 2 is 2.00 bits per heavy atom. The van der Waals surface area contributed by atoms with E-state index in [2.05, 4.69) is 5.32 Å². The third-order valence-corrected chi connectivity index (χ3v) is 4.06. The van der Waals surface area contributed by atoms with Crippen LogP contribution in [0.4, 0.5) is 0 Å². The van der Waals surface area contributed by atoms with Gasteiger partial charge in [-0.05, 0) is 41.0 Å². The molecule has 2 aromatic rings. The fraction of sp³-hybridized carbons (Fsp3) is 0.222. The van der Waals surface area contributed by atoms with E-state index >= 15 is 0 Å². The summed E-state index contributed by atoms with van der Waals surface area (Å²) in [5.41, 5.74) is 2.03. The Bertz CT molecular complexity index is 666. The topological polar surface area (TPSA) is 49.4 Å². The number of benzene rings is 1. The molecule has 1 unspecified atom stereocenters. The maximum atomic E-state index is 12.3. The molecule has 1 aromatic heterocycles. The Hall–Kier alpha value is -2.40. The first-order valence-electron chi connectivity index (χ1n) is 7.36. The summed E-state index contributed by atoms with van der Waals surface area (Å²) in [6, 6.07) is 11.0. The number of hydrogen-bond donors (Lipinski definition) is 1. The number of hydrogen-bond acceptors (Lipinski definition) is 3. The van der Waals surface area contributed by atoms with Crippen molar-refractivity contribution in [2.24, 2.45) is 0 Å². The van der Waals surface area contributed by atoms with Gasteiger partial charge in [0.15, 0.2) is 0 Å². The maximum Gasteiger partial charge on any atom is 0.244 e. The van der Waals surface area contributed by atoms with Crippen LogP contribution in [0, 0.1) is 0 Å². The average molecular weight is 328 g/mol. The van der Waals surface area contributed by atoms with Crippen LogP contribution in [0.15, 0.2) is 53.2 Å². The molecule has 1 aromatic carbocycles. The number of likely N-dealkylation sites (N-methyl/N-ethyl adjacent to an activating group) is 1. The zero-order valence-corrected chi connectivity index (χ0v) is 14.0. The summed E-state index contributed by atoms with van der Waals surface area (Å²) in [5.74, 6) is -0.392. The molecular weight excluding hydrogens is 308 g/mol. The molecule has 2 amide bonds. The van der Waals surface area contributed by atoms with Crippen molar-refractivity contribution in [3.05, 3.63) is 64.4 Å². The van der Waals surface area contributed by atoms with E-state index in [0.29, 0.717) is 6.54 Å². The number of rotatable bonds is 6. The van der Waals surface area contributed by atoms with Gasteiger partial charge in [-0.25, -0.2) is 0 Å². The number of nitrogens with one attached hydrogen (secondary N) is 1. The van der Waals surface area contributed by atoms with E-state index in [1.54, 1.807) is 36.3 Å². The molecule has 2 rings (SSSR count). The van der Waals surface area contributed by atoms with Crippen molar-refractivity contribution in [3.8, 4) is 0 Å². The Morgan fingerprint density at radius 3 is 2.65 bits per heavy atom. The van der Waals surface area contributed by atoms with Gasteiger partial charge >= 0.3 is 0 Å². The van der Waals surface area contributed by atoms with Crippen molar-refractivity contribution < 1.29 is 9.59 Å². The minimum atomic E-state index is -0.563. The van der Waals surface area contributed by atoms with Gasteiger partial charge in [0.25, 0.3) is 0 Å². The molecule has 0 saturated carbocycles. The van der Waals surface area contributed by atoms with E-state index in [9.17, 15) is 9.59 Å². The first-order valence-corrected chi connectivity index (χ1v) is 8.30. The number of amides is 2. The molecule has 1 heterocycles. The summed E-state index contributed by atoms with van der Waals surface area (Å²) in [6.07, 6.45) is 3.17. The molecule has 0 saturated heterocycles. The summed E-state index contributed by atoms with van der Waals surface area (Å²) in [5, 5.41) is 6.69. The monoisotopic (exact) mass is 328 g/mol. The Kier molecular flexibility index (Phi) is 6.11. The molecule has 1 atom stereocenters. The van der Waals surface area contributed by atoms with Crippen LogP contribution in [-0.4, -0.2) is 29.8 Å². The minimum Gasteiger partial charge on any atom is -0.341 e. The van der Waals surface area contributed by atoms with E-state index < -0.39 is 6.04 Å². The van der Waals surface area contributed by atoms with Crippen molar-refractivity contribution in [3.63, 3.8) is 0 Å². The van der Waals surface area contributed by atoms with Gasteiger partial charge in [0.1, 0.15) is 6.04 Å². The normalized spacial score (nSPS) is 12.1. The molecule has 23 heavy (non-hydrogen) atoms. The van der Waals surface area contributed by atoms with E-state index in [-0.39, 0.29) is 11.8 Å². The third-order valence-electron chi connectivity index (χ3n) is 3.33. The standard InChI is InChI=1S/C18H20N2O2S/c1-14(18(22)20(2)12-16-10-11-23-13-16)19-17(21)9-8-15-6-4-3-5-7-15/h3-11,13-14H,12H2,1-2H3,(H,19,21). The van der Waals surface area contributed by atoms with Gasteiger partial charge in [0.2, 0.25) is 11.8 Å². The fourth-order valence-corrected chi connectivity index (χ4v) is 2.78. The SMILES string of the molecule is CC(NC(=O)C=Cc1ccccc1)C(=O)N(C)Cc1ccsc1. The molecule has 0 aliphatic heterocycles. The maximum absolute atomic E-state index is 12.3. The van der Waals surface area contributed by atoms with Gasteiger partial charge in [-0.3, -0.25) is 9.59 Å². The Balaban J connectivity index is 1.85. The summed E-state index contributed by atoms with van der Waals surface area (Å²) in [4.78, 5) is 25.8. The highest BCUT2D eigenvalue weighted by atomic mass is 32.1. The molecule has 5 heteroatoms. The van der Waals surface area contributed by atoms with Crippen LogP contribution in [0.1, 0.15) is 18.1 Å². The Labute approximate surface area is 140 Å². The van der Waals surface area contributed by atoms with E-state index in [1.165, 1.54) is 6.08 Å². The molecular formula is C18H20N2O2S. The van der Waals surface area contributed by atoms with Crippen LogP contribution in [0.2, 0.25) is 0 Å². The van der Waals surface area contributed by atoms with Crippen LogP contribution in [0.3, 0.4) is 0 Å². The second kappa shape index (κ2) is 8.29. The zero-order chi connectivity index (χ0) is 16.7. The van der Waals surface area contributed by atoms with E-state index in [0.717, 1.165) is 11.1 Å². The second-order valence-electron chi connectivity index (χ2n) is 5.30. The highest BCUT2D eigenvalue weighted by Gasteiger charge is 2.18. The number of thiophene rings is 1. The highest BCUT2D eigenvalue weighted by molar-refractivity contribution is 7.07. The van der Waals surface area contributed by atoms with Gasteiger partial charge in [-0.2, -0.15) is 11.3 Å². The highest BCUT2D eigenvalue weighted by Crippen LogP contribution is 2.09. The van der Waals surface area contributed by atoms with Crippen LogP contribution >= 0.6 is 11.3 Å². The lowest BCUT2D eigenvalue weighted by Gasteiger charge is -2.21. The summed E-state index contributed by atoms with van der Waals surface area (Å²) >= 11 is 1.60. The predicted octanol–water partition coefficient (Wildman–Crippen LogP) is 2.92. The van der Waals surface area contributed by atoms with Crippen molar-refractivity contribution in [1.82, 2.24) is 10.2 Å². The summed E-state index contributed by atoms with van der Waals surface area (Å²) < 4.78 is 0. The van der Waals surface area contributed by atoms with Crippen LogP contribution in [-0.2, 0) is 16.1 Å². The van der Waals surface area contributed by atoms with Crippen LogP contribution < -0.4 is 5.32 Å². The second-order valence-corrected chi connectivity index (χ2v) is 6.08. The largest absolute Gasteiger partial charge is 0.341 e. The van der Waals surface area contributed by atoms with Gasteiger partial charge < -0.3 is 10.2 Å². The lowest BCUT2D eigenvalue weighted by Crippen LogP contribution is -2.44. The fourth-order valence-electron chi connectivity index (χ4n) is 2.12. The van der Waals surface area contributed by atoms with Crippen molar-refractivity contribution in [2.75, 3.05) is 7.05 Å². The summed E-state index contributed by atoms with van der Waals surface area (Å²) in [6.45, 7) is 2.24. The number of nitrogens with zero attached hydrogens (tertiary/aromatic N) is 1. The molecule has 0 spiro atoms. The molecule has 0 aliphatic carbocycles. The van der Waals surface area contributed by atoms with Crippen molar-refractivity contribution in [1.29, 1.82) is 0 Å². The minimum absolute atomic E-state index is 0.113. The third kappa shape index (κ3) is 5.38. The quantitative estimate of drug-likeness (QED) is 0.829. The summed E-state index contributed by atoms with van der Waals surface area (Å²) in [7, 11) is 1.74. The van der Waals surface area contributed by atoms with Crippen molar-refractivity contribution in [2.45, 2.75) is 19.5 Å². The lowest BCUT2D eigenvalue weighted by molar-refractivity contribution is -0.134. The molecule has 120 valence electrons. The predicted molar refractivity (Wildman–Crippen MR) is 93.9 cm³/mol. The molecule has 0 aliphatic rings. The zero-order valence-electron chi connectivity index (χ0n) is 13.2. The van der Waals surface area contributed by atoms with Crippen LogP contribution in [0.5, 0.6) is 0 Å². The smallest absolute Gasteiger partial charge is 0.244 e. The molecule has 0 radical (unpaired) electrons. The van der Waals surface area contributed by atoms with Crippen LogP contribution in [0.25, 0.3) is 6.08 Å². The van der Waals surface area contributed by atoms with Gasteiger partial charge in [0, 0.05) is 19.7 Å². The molecule has 1 N–H and O–H groups in total. The van der Waals surface area contributed by atoms with E-state index in [1.807, 2.05) is 47.2 Å². The first-order chi connectivity index (χ1) is 11.1. The average Bonchev–Trinajstić information content (AvgIpc) is 3.06. The van der Waals surface area contributed by atoms with Gasteiger partial charge in [-0.1, -0.05) is 30.3 Å².